The standard InChI is InChI=1S/C17H25N3OS/c1-13(2)21-16-11-7-6-8-14(16)12-18-20-17(22)19-15-9-4-3-5-10-15/h6-8,11-13,15H,3-5,9-10H2,1-2H3,(H2,19,20,22)/b18-12+. The van der Waals surface area contributed by atoms with Crippen LogP contribution in [-0.4, -0.2) is 23.5 Å². The third kappa shape index (κ3) is 5.64. The lowest BCUT2D eigenvalue weighted by molar-refractivity contribution is 0.242. The average molecular weight is 319 g/mol. The molecule has 0 unspecified atom stereocenters. The summed E-state index contributed by atoms with van der Waals surface area (Å²) < 4.78 is 5.76. The number of rotatable bonds is 5. The summed E-state index contributed by atoms with van der Waals surface area (Å²) in [5.74, 6) is 0.828. The smallest absolute Gasteiger partial charge is 0.187 e. The predicted molar refractivity (Wildman–Crippen MR) is 95.5 cm³/mol. The van der Waals surface area contributed by atoms with Crippen LogP contribution in [0.2, 0.25) is 0 Å². The van der Waals surface area contributed by atoms with E-state index >= 15 is 0 Å². The van der Waals surface area contributed by atoms with E-state index < -0.39 is 0 Å². The number of nitrogens with zero attached hydrogens (tertiary/aromatic N) is 1. The van der Waals surface area contributed by atoms with Crippen molar-refractivity contribution in [2.45, 2.75) is 58.1 Å². The zero-order valence-corrected chi connectivity index (χ0v) is 14.2. The molecule has 2 rings (SSSR count). The van der Waals surface area contributed by atoms with E-state index in [1.165, 1.54) is 32.1 Å². The molecule has 0 spiro atoms. The zero-order chi connectivity index (χ0) is 15.8. The van der Waals surface area contributed by atoms with Crippen LogP contribution in [0.4, 0.5) is 0 Å². The molecule has 120 valence electrons. The van der Waals surface area contributed by atoms with Crippen LogP contribution in [0.1, 0.15) is 51.5 Å². The highest BCUT2D eigenvalue weighted by Gasteiger charge is 2.13. The summed E-state index contributed by atoms with van der Waals surface area (Å²) in [6.45, 7) is 4.02. The van der Waals surface area contributed by atoms with Gasteiger partial charge in [0, 0.05) is 11.6 Å². The Hall–Kier alpha value is -1.62. The average Bonchev–Trinajstić information content (AvgIpc) is 2.49. The molecule has 0 saturated heterocycles. The molecule has 4 nitrogen and oxygen atoms in total. The number of hydrazone groups is 1. The molecule has 2 N–H and O–H groups in total. The van der Waals surface area contributed by atoms with Crippen LogP contribution in [0, 0.1) is 0 Å². The first-order valence-electron chi connectivity index (χ1n) is 8.00. The molecule has 1 aliphatic rings. The molecule has 0 aliphatic heterocycles. The molecule has 0 bridgehead atoms. The van der Waals surface area contributed by atoms with Crippen LogP contribution >= 0.6 is 12.2 Å². The van der Waals surface area contributed by atoms with Gasteiger partial charge in [0.25, 0.3) is 0 Å². The van der Waals surface area contributed by atoms with Crippen LogP contribution in [0.15, 0.2) is 29.4 Å². The minimum Gasteiger partial charge on any atom is -0.490 e. The Kier molecular flexibility index (Phi) is 6.65. The Labute approximate surface area is 138 Å². The van der Waals surface area contributed by atoms with Crippen molar-refractivity contribution in [3.8, 4) is 5.75 Å². The second-order valence-corrected chi connectivity index (χ2v) is 6.29. The fourth-order valence-electron chi connectivity index (χ4n) is 2.57. The van der Waals surface area contributed by atoms with Crippen molar-refractivity contribution in [1.82, 2.24) is 10.7 Å². The van der Waals surface area contributed by atoms with E-state index in [4.69, 9.17) is 17.0 Å². The van der Waals surface area contributed by atoms with Gasteiger partial charge in [0.15, 0.2) is 5.11 Å². The maximum absolute atomic E-state index is 5.76. The molecule has 0 aromatic heterocycles. The Morgan fingerprint density at radius 2 is 2.00 bits per heavy atom. The fraction of sp³-hybridized carbons (Fsp3) is 0.529. The van der Waals surface area contributed by atoms with Crippen molar-refractivity contribution in [1.29, 1.82) is 0 Å². The Morgan fingerprint density at radius 3 is 2.73 bits per heavy atom. The van der Waals surface area contributed by atoms with E-state index in [0.29, 0.717) is 11.2 Å². The van der Waals surface area contributed by atoms with Gasteiger partial charge >= 0.3 is 0 Å². The molecule has 0 radical (unpaired) electrons. The first kappa shape index (κ1) is 16.7. The molecular weight excluding hydrogens is 294 g/mol. The number of thiocarbonyl (C=S) groups is 1. The SMILES string of the molecule is CC(C)Oc1ccccc1/C=N/NC(=S)NC1CCCCC1. The molecule has 1 fully saturated rings. The summed E-state index contributed by atoms with van der Waals surface area (Å²) in [7, 11) is 0. The van der Waals surface area contributed by atoms with Gasteiger partial charge in [-0.15, -0.1) is 0 Å². The van der Waals surface area contributed by atoms with Crippen LogP contribution in [0.5, 0.6) is 5.75 Å². The number of para-hydroxylation sites is 1. The van der Waals surface area contributed by atoms with Crippen LogP contribution in [0.3, 0.4) is 0 Å². The molecule has 1 aromatic carbocycles. The molecule has 1 saturated carbocycles. The highest BCUT2D eigenvalue weighted by atomic mass is 32.1. The first-order chi connectivity index (χ1) is 10.6. The van der Waals surface area contributed by atoms with E-state index in [-0.39, 0.29) is 6.10 Å². The van der Waals surface area contributed by atoms with E-state index in [1.54, 1.807) is 6.21 Å². The number of hydrogen-bond donors (Lipinski definition) is 2. The summed E-state index contributed by atoms with van der Waals surface area (Å²) in [6, 6.07) is 8.33. The van der Waals surface area contributed by atoms with Gasteiger partial charge < -0.3 is 10.1 Å². The lowest BCUT2D eigenvalue weighted by Crippen LogP contribution is -2.40. The van der Waals surface area contributed by atoms with Crippen molar-refractivity contribution in [3.05, 3.63) is 29.8 Å². The Bertz CT molecular complexity index is 510. The van der Waals surface area contributed by atoms with Gasteiger partial charge in [-0.1, -0.05) is 31.4 Å². The van der Waals surface area contributed by atoms with Gasteiger partial charge in [0.2, 0.25) is 0 Å². The fourth-order valence-corrected chi connectivity index (χ4v) is 2.79. The summed E-state index contributed by atoms with van der Waals surface area (Å²) in [5, 5.41) is 8.13. The molecule has 1 aliphatic carbocycles. The topological polar surface area (TPSA) is 45.6 Å². The lowest BCUT2D eigenvalue weighted by atomic mass is 9.96. The van der Waals surface area contributed by atoms with Gasteiger partial charge in [-0.3, -0.25) is 5.43 Å². The third-order valence-electron chi connectivity index (χ3n) is 3.59. The molecule has 0 heterocycles. The molecule has 0 amide bonds. The zero-order valence-electron chi connectivity index (χ0n) is 13.3. The van der Waals surface area contributed by atoms with E-state index in [9.17, 15) is 0 Å². The summed E-state index contributed by atoms with van der Waals surface area (Å²) in [4.78, 5) is 0. The predicted octanol–water partition coefficient (Wildman–Crippen LogP) is 3.60. The minimum absolute atomic E-state index is 0.136. The van der Waals surface area contributed by atoms with Gasteiger partial charge in [-0.25, -0.2) is 0 Å². The number of ether oxygens (including phenoxy) is 1. The lowest BCUT2D eigenvalue weighted by Gasteiger charge is -2.23. The molecule has 5 heteroatoms. The van der Waals surface area contributed by atoms with Crippen molar-refractivity contribution in [3.63, 3.8) is 0 Å². The van der Waals surface area contributed by atoms with E-state index in [1.807, 2.05) is 38.1 Å². The number of benzene rings is 1. The van der Waals surface area contributed by atoms with Crippen molar-refractivity contribution in [2.75, 3.05) is 0 Å². The normalized spacial score (nSPS) is 16.0. The molecule has 22 heavy (non-hydrogen) atoms. The van der Waals surface area contributed by atoms with E-state index in [2.05, 4.69) is 15.8 Å². The number of nitrogens with one attached hydrogen (secondary N) is 2. The largest absolute Gasteiger partial charge is 0.490 e. The first-order valence-corrected chi connectivity index (χ1v) is 8.41. The monoisotopic (exact) mass is 319 g/mol. The quantitative estimate of drug-likeness (QED) is 0.494. The van der Waals surface area contributed by atoms with Gasteiger partial charge in [-0.2, -0.15) is 5.10 Å². The van der Waals surface area contributed by atoms with Crippen LogP contribution in [-0.2, 0) is 0 Å². The highest BCUT2D eigenvalue weighted by molar-refractivity contribution is 7.80. The third-order valence-corrected chi connectivity index (χ3v) is 3.80. The maximum atomic E-state index is 5.76. The van der Waals surface area contributed by atoms with Crippen molar-refractivity contribution >= 4 is 23.5 Å². The maximum Gasteiger partial charge on any atom is 0.187 e. The molecular formula is C17H25N3OS. The van der Waals surface area contributed by atoms with Gasteiger partial charge in [0.1, 0.15) is 5.75 Å². The van der Waals surface area contributed by atoms with Crippen molar-refractivity contribution in [2.24, 2.45) is 5.10 Å². The van der Waals surface area contributed by atoms with Crippen LogP contribution < -0.4 is 15.5 Å². The summed E-state index contributed by atoms with van der Waals surface area (Å²) in [5.41, 5.74) is 3.83. The molecule has 0 atom stereocenters. The molecule has 1 aromatic rings. The Balaban J connectivity index is 1.85. The van der Waals surface area contributed by atoms with Crippen molar-refractivity contribution < 1.29 is 4.74 Å². The Morgan fingerprint density at radius 1 is 1.27 bits per heavy atom. The number of hydrogen-bond acceptors (Lipinski definition) is 3. The minimum atomic E-state index is 0.136. The van der Waals surface area contributed by atoms with Gasteiger partial charge in [0.05, 0.1) is 12.3 Å². The highest BCUT2D eigenvalue weighted by Crippen LogP contribution is 2.18. The van der Waals surface area contributed by atoms with E-state index in [0.717, 1.165) is 11.3 Å². The van der Waals surface area contributed by atoms with Crippen LogP contribution in [0.25, 0.3) is 0 Å². The summed E-state index contributed by atoms with van der Waals surface area (Å²) in [6.07, 6.45) is 8.16. The summed E-state index contributed by atoms with van der Waals surface area (Å²) >= 11 is 5.29. The van der Waals surface area contributed by atoms with Gasteiger partial charge in [-0.05, 0) is 51.0 Å². The second kappa shape index (κ2) is 8.73. The second-order valence-electron chi connectivity index (χ2n) is 5.88.